The highest BCUT2D eigenvalue weighted by molar-refractivity contribution is 6.50. The topological polar surface area (TPSA) is 37.9 Å². The van der Waals surface area contributed by atoms with Crippen LogP contribution in [0.3, 0.4) is 0 Å². The molecular formula is C12H13BClF4N3O. The fourth-order valence-electron chi connectivity index (χ4n) is 1.60. The predicted molar refractivity (Wildman–Crippen MR) is 76.2 cm³/mol. The summed E-state index contributed by atoms with van der Waals surface area (Å²) in [5.74, 6) is -0.143. The standard InChI is InChI=1S/C12H12ClN3O.BF4/c1-15-7-11(16(2)8-15)12(17)14-10-5-3-9(13)4-6-10;2-1(3,4)5/h3-8H,1-2H3;/q;-1/p+1. The number of halogens is 5. The first-order chi connectivity index (χ1) is 10.1. The van der Waals surface area contributed by atoms with Crippen molar-refractivity contribution in [3.63, 3.8) is 0 Å². The van der Waals surface area contributed by atoms with Crippen molar-refractivity contribution in [2.24, 2.45) is 14.1 Å². The summed E-state index contributed by atoms with van der Waals surface area (Å²) in [6.45, 7) is 0. The molecule has 0 aliphatic heterocycles. The first-order valence-corrected chi connectivity index (χ1v) is 6.40. The number of nitrogens with one attached hydrogen (secondary N) is 1. The molecular weight excluding hydrogens is 324 g/mol. The van der Waals surface area contributed by atoms with Gasteiger partial charge in [-0.2, -0.15) is 0 Å². The van der Waals surface area contributed by atoms with Gasteiger partial charge in [0.1, 0.15) is 6.20 Å². The molecule has 0 unspecified atom stereocenters. The fourth-order valence-corrected chi connectivity index (χ4v) is 1.73. The molecule has 0 atom stereocenters. The second kappa shape index (κ2) is 7.30. The van der Waals surface area contributed by atoms with Crippen LogP contribution in [0.2, 0.25) is 5.02 Å². The Balaban J connectivity index is 0.000000422. The molecule has 1 N–H and O–H groups in total. The lowest BCUT2D eigenvalue weighted by atomic mass is 10.3. The molecule has 2 aromatic rings. The van der Waals surface area contributed by atoms with Crippen molar-refractivity contribution in [2.75, 3.05) is 5.32 Å². The highest BCUT2D eigenvalue weighted by atomic mass is 35.5. The predicted octanol–water partition coefficient (Wildman–Crippen LogP) is 3.06. The highest BCUT2D eigenvalue weighted by Crippen LogP contribution is 2.14. The fraction of sp³-hybridized carbons (Fsp3) is 0.167. The Morgan fingerprint density at radius 1 is 1.23 bits per heavy atom. The van der Waals surface area contributed by atoms with E-state index >= 15 is 0 Å². The van der Waals surface area contributed by atoms with E-state index in [-0.39, 0.29) is 5.91 Å². The number of hydrogen-bond donors (Lipinski definition) is 1. The molecule has 2 rings (SSSR count). The molecule has 10 heteroatoms. The number of imidazole rings is 1. The molecule has 0 fully saturated rings. The van der Waals surface area contributed by atoms with Gasteiger partial charge in [0, 0.05) is 10.7 Å². The van der Waals surface area contributed by atoms with Gasteiger partial charge in [0.05, 0.1) is 14.1 Å². The van der Waals surface area contributed by atoms with Crippen molar-refractivity contribution in [3.8, 4) is 0 Å². The maximum atomic E-state index is 12.0. The molecule has 0 aliphatic carbocycles. The number of benzene rings is 1. The van der Waals surface area contributed by atoms with Crippen molar-refractivity contribution >= 4 is 30.4 Å². The van der Waals surface area contributed by atoms with Gasteiger partial charge in [0.2, 0.25) is 12.0 Å². The van der Waals surface area contributed by atoms with Crippen LogP contribution in [0.5, 0.6) is 0 Å². The molecule has 0 saturated heterocycles. The van der Waals surface area contributed by atoms with Crippen LogP contribution in [0, 0.1) is 0 Å². The lowest BCUT2D eigenvalue weighted by Crippen LogP contribution is -2.24. The average molecular weight is 338 g/mol. The summed E-state index contributed by atoms with van der Waals surface area (Å²) in [5.41, 5.74) is 1.32. The van der Waals surface area contributed by atoms with Gasteiger partial charge < -0.3 is 22.6 Å². The van der Waals surface area contributed by atoms with Crippen LogP contribution in [0.4, 0.5) is 23.0 Å². The highest BCUT2D eigenvalue weighted by Gasteiger charge is 2.20. The first-order valence-electron chi connectivity index (χ1n) is 6.02. The third-order valence-corrected chi connectivity index (χ3v) is 2.65. The van der Waals surface area contributed by atoms with Crippen molar-refractivity contribution < 1.29 is 26.6 Å². The Morgan fingerprint density at radius 2 is 1.73 bits per heavy atom. The number of carbonyl (C=O) groups is 1. The summed E-state index contributed by atoms with van der Waals surface area (Å²) in [6.07, 6.45) is 3.60. The molecule has 1 aromatic heterocycles. The van der Waals surface area contributed by atoms with Gasteiger partial charge in [-0.1, -0.05) is 11.6 Å². The zero-order chi connectivity index (χ0) is 16.9. The summed E-state index contributed by atoms with van der Waals surface area (Å²) < 4.78 is 42.6. The second-order valence-electron chi connectivity index (χ2n) is 4.36. The number of carbonyl (C=O) groups excluding carboxylic acids is 1. The number of rotatable bonds is 2. The monoisotopic (exact) mass is 337 g/mol. The van der Waals surface area contributed by atoms with Crippen molar-refractivity contribution in [1.82, 2.24) is 4.57 Å². The molecule has 120 valence electrons. The molecule has 0 radical (unpaired) electrons. The smallest absolute Gasteiger partial charge is 0.418 e. The number of hydrogen-bond acceptors (Lipinski definition) is 1. The number of aryl methyl sites for hydroxylation is 2. The third-order valence-electron chi connectivity index (χ3n) is 2.40. The SMILES string of the molecule is Cn1c[n+](C)cc1C(=O)Nc1ccc(Cl)cc1.F[B-](F)(F)F. The van der Waals surface area contributed by atoms with Crippen LogP contribution in [0.25, 0.3) is 0 Å². The number of anilines is 1. The van der Waals surface area contributed by atoms with Gasteiger partial charge in [-0.15, -0.1) is 0 Å². The number of aromatic nitrogens is 2. The summed E-state index contributed by atoms with van der Waals surface area (Å²) >= 11 is 5.77. The van der Waals surface area contributed by atoms with E-state index in [9.17, 15) is 22.1 Å². The Labute approximate surface area is 129 Å². The Morgan fingerprint density at radius 3 is 2.14 bits per heavy atom. The minimum absolute atomic E-state index is 0.143. The normalized spacial score (nSPS) is 10.7. The second-order valence-corrected chi connectivity index (χ2v) is 4.80. The number of nitrogens with zero attached hydrogens (tertiary/aromatic N) is 2. The van der Waals surface area contributed by atoms with E-state index in [0.29, 0.717) is 10.7 Å². The largest absolute Gasteiger partial charge is 0.673 e. The summed E-state index contributed by atoms with van der Waals surface area (Å²) in [7, 11) is -2.30. The van der Waals surface area contributed by atoms with Crippen LogP contribution < -0.4 is 9.88 Å². The molecule has 1 aromatic carbocycles. The van der Waals surface area contributed by atoms with E-state index in [1.165, 1.54) is 0 Å². The molecule has 0 bridgehead atoms. The minimum Gasteiger partial charge on any atom is -0.418 e. The Bertz CT molecular complexity index is 637. The lowest BCUT2D eigenvalue weighted by molar-refractivity contribution is -0.671. The van der Waals surface area contributed by atoms with Gasteiger partial charge in [0.15, 0.2) is 0 Å². The maximum Gasteiger partial charge on any atom is 0.673 e. The van der Waals surface area contributed by atoms with Crippen LogP contribution in [0.15, 0.2) is 36.8 Å². The Kier molecular flexibility index (Phi) is 5.98. The van der Waals surface area contributed by atoms with E-state index in [0.717, 1.165) is 5.69 Å². The summed E-state index contributed by atoms with van der Waals surface area (Å²) in [5, 5.41) is 3.45. The van der Waals surface area contributed by atoms with Crippen LogP contribution in [-0.2, 0) is 14.1 Å². The van der Waals surface area contributed by atoms with Crippen molar-refractivity contribution in [1.29, 1.82) is 0 Å². The number of amides is 1. The van der Waals surface area contributed by atoms with Gasteiger partial charge in [-0.25, -0.2) is 9.13 Å². The van der Waals surface area contributed by atoms with E-state index in [4.69, 9.17) is 11.6 Å². The molecule has 22 heavy (non-hydrogen) atoms. The Hall–Kier alpha value is -2.03. The van der Waals surface area contributed by atoms with Crippen molar-refractivity contribution in [2.45, 2.75) is 0 Å². The zero-order valence-corrected chi connectivity index (χ0v) is 12.5. The molecule has 1 amide bonds. The molecule has 0 aliphatic rings. The quantitative estimate of drug-likeness (QED) is 0.510. The van der Waals surface area contributed by atoms with E-state index in [1.54, 1.807) is 35.0 Å². The van der Waals surface area contributed by atoms with Crippen LogP contribution in [0.1, 0.15) is 10.5 Å². The molecule has 1 heterocycles. The minimum atomic E-state index is -6.00. The summed E-state index contributed by atoms with van der Waals surface area (Å²) in [4.78, 5) is 12.0. The molecule has 0 saturated carbocycles. The molecule has 0 spiro atoms. The third kappa shape index (κ3) is 6.62. The molecule has 4 nitrogen and oxygen atoms in total. The van der Waals surface area contributed by atoms with Gasteiger partial charge in [-0.3, -0.25) is 4.79 Å². The summed E-state index contributed by atoms with van der Waals surface area (Å²) in [6, 6.07) is 7.01. The lowest BCUT2D eigenvalue weighted by Gasteiger charge is -2.02. The van der Waals surface area contributed by atoms with Gasteiger partial charge in [-0.05, 0) is 24.3 Å². The van der Waals surface area contributed by atoms with E-state index in [2.05, 4.69) is 5.32 Å². The first kappa shape index (κ1) is 18.0. The van der Waals surface area contributed by atoms with Gasteiger partial charge >= 0.3 is 7.25 Å². The van der Waals surface area contributed by atoms with Crippen LogP contribution in [-0.4, -0.2) is 17.7 Å². The van der Waals surface area contributed by atoms with Crippen molar-refractivity contribution in [3.05, 3.63) is 47.5 Å². The average Bonchev–Trinajstić information content (AvgIpc) is 2.69. The van der Waals surface area contributed by atoms with E-state index < -0.39 is 7.25 Å². The maximum absolute atomic E-state index is 12.0. The van der Waals surface area contributed by atoms with E-state index in [1.807, 2.05) is 25.0 Å². The van der Waals surface area contributed by atoms with Crippen LogP contribution >= 0.6 is 11.6 Å². The zero-order valence-electron chi connectivity index (χ0n) is 11.7. The van der Waals surface area contributed by atoms with Gasteiger partial charge in [0.25, 0.3) is 5.91 Å².